The van der Waals surface area contributed by atoms with Crippen LogP contribution in [0, 0.1) is 0 Å². The summed E-state index contributed by atoms with van der Waals surface area (Å²) in [7, 11) is 1.27. The number of aryl methyl sites for hydroxylation is 1. The van der Waals surface area contributed by atoms with Crippen molar-refractivity contribution >= 4 is 39.4 Å². The van der Waals surface area contributed by atoms with Crippen LogP contribution in [0.3, 0.4) is 0 Å². The Morgan fingerprint density at radius 1 is 1.07 bits per heavy atom. The number of rotatable bonds is 6. The number of amides is 2. The molecule has 2 aromatic rings. The number of methoxy groups -OCH3 is 1. The van der Waals surface area contributed by atoms with Crippen molar-refractivity contribution in [2.24, 2.45) is 0 Å². The predicted molar refractivity (Wildman–Crippen MR) is 106 cm³/mol. The molecule has 6 nitrogen and oxygen atoms in total. The molecule has 27 heavy (non-hydrogen) atoms. The van der Waals surface area contributed by atoms with E-state index >= 15 is 0 Å². The molecular formula is C20H21BrN2O4. The molecular weight excluding hydrogens is 412 g/mol. The molecule has 0 spiro atoms. The first-order valence-corrected chi connectivity index (χ1v) is 9.25. The van der Waals surface area contributed by atoms with E-state index in [0.717, 1.165) is 16.5 Å². The topological polar surface area (TPSA) is 84.5 Å². The number of ether oxygens (including phenoxy) is 1. The summed E-state index contributed by atoms with van der Waals surface area (Å²) < 4.78 is 5.49. The van der Waals surface area contributed by atoms with Crippen LogP contribution in [0.4, 0.5) is 5.69 Å². The van der Waals surface area contributed by atoms with Crippen LogP contribution in [0.5, 0.6) is 0 Å². The first-order valence-electron chi connectivity index (χ1n) is 8.46. The minimum Gasteiger partial charge on any atom is -0.469 e. The third-order valence-corrected chi connectivity index (χ3v) is 4.45. The van der Waals surface area contributed by atoms with Crippen LogP contribution in [-0.2, 0) is 25.5 Å². The number of carbonyl (C=O) groups is 3. The second-order valence-corrected chi connectivity index (χ2v) is 6.79. The van der Waals surface area contributed by atoms with Gasteiger partial charge in [0.1, 0.15) is 0 Å². The van der Waals surface area contributed by atoms with Crippen molar-refractivity contribution in [1.82, 2.24) is 5.32 Å². The Morgan fingerprint density at radius 3 is 2.48 bits per heavy atom. The highest BCUT2D eigenvalue weighted by Gasteiger charge is 2.23. The van der Waals surface area contributed by atoms with Crippen molar-refractivity contribution in [2.75, 3.05) is 12.4 Å². The molecule has 1 atom stereocenters. The van der Waals surface area contributed by atoms with E-state index in [2.05, 4.69) is 26.6 Å². The maximum absolute atomic E-state index is 12.4. The zero-order valence-electron chi connectivity index (χ0n) is 15.1. The molecule has 2 amide bonds. The van der Waals surface area contributed by atoms with Gasteiger partial charge in [-0.3, -0.25) is 14.4 Å². The Bertz CT molecular complexity index is 838. The molecule has 0 aliphatic heterocycles. The third-order valence-electron chi connectivity index (χ3n) is 3.95. The van der Waals surface area contributed by atoms with Gasteiger partial charge in [0.05, 0.1) is 19.6 Å². The highest BCUT2D eigenvalue weighted by atomic mass is 79.9. The normalized spacial score (nSPS) is 11.4. The number of hydrogen-bond acceptors (Lipinski definition) is 4. The number of halogens is 1. The summed E-state index contributed by atoms with van der Waals surface area (Å²) in [5, 5.41) is 5.18. The second kappa shape index (κ2) is 9.87. The molecule has 0 saturated heterocycles. The van der Waals surface area contributed by atoms with Crippen LogP contribution < -0.4 is 10.6 Å². The largest absolute Gasteiger partial charge is 0.469 e. The Morgan fingerprint density at radius 2 is 1.81 bits per heavy atom. The quantitative estimate of drug-likeness (QED) is 0.541. The molecule has 2 N–H and O–H groups in total. The van der Waals surface area contributed by atoms with Gasteiger partial charge in [0.25, 0.3) is 0 Å². The van der Waals surface area contributed by atoms with Gasteiger partial charge in [-0.25, -0.2) is 0 Å². The van der Waals surface area contributed by atoms with Crippen LogP contribution in [0.15, 0.2) is 53.0 Å². The smallest absolute Gasteiger partial charge is 0.313 e. The average molecular weight is 433 g/mol. The van der Waals surface area contributed by atoms with Gasteiger partial charge in [0.2, 0.25) is 0 Å². The zero-order valence-corrected chi connectivity index (χ0v) is 16.7. The van der Waals surface area contributed by atoms with E-state index in [0.29, 0.717) is 11.3 Å². The molecule has 0 aliphatic carbocycles. The van der Waals surface area contributed by atoms with Gasteiger partial charge in [-0.05, 0) is 41.8 Å². The van der Waals surface area contributed by atoms with Crippen molar-refractivity contribution in [1.29, 1.82) is 0 Å². The summed E-state index contributed by atoms with van der Waals surface area (Å²) in [6.07, 6.45) is 0.733. The summed E-state index contributed by atoms with van der Waals surface area (Å²) in [5.74, 6) is -2.12. The molecule has 142 valence electrons. The van der Waals surface area contributed by atoms with Crippen molar-refractivity contribution in [3.63, 3.8) is 0 Å². The van der Waals surface area contributed by atoms with Crippen molar-refractivity contribution in [2.45, 2.75) is 25.8 Å². The summed E-state index contributed by atoms with van der Waals surface area (Å²) in [4.78, 5) is 36.3. The lowest BCUT2D eigenvalue weighted by Gasteiger charge is -2.18. The molecule has 0 unspecified atom stereocenters. The molecule has 0 fully saturated rings. The molecule has 2 rings (SSSR count). The lowest BCUT2D eigenvalue weighted by molar-refractivity contribution is -0.142. The van der Waals surface area contributed by atoms with Crippen LogP contribution >= 0.6 is 15.9 Å². The third kappa shape index (κ3) is 6.21. The van der Waals surface area contributed by atoms with E-state index in [1.807, 2.05) is 31.2 Å². The second-order valence-electron chi connectivity index (χ2n) is 5.87. The highest BCUT2D eigenvalue weighted by Crippen LogP contribution is 2.21. The van der Waals surface area contributed by atoms with Crippen LogP contribution in [0.2, 0.25) is 0 Å². The van der Waals surface area contributed by atoms with Gasteiger partial charge in [-0.15, -0.1) is 0 Å². The lowest BCUT2D eigenvalue weighted by Crippen LogP contribution is -2.38. The summed E-state index contributed by atoms with van der Waals surface area (Å²) in [6, 6.07) is 13.7. The minimum atomic E-state index is -0.828. The molecule has 0 aliphatic rings. The standard InChI is InChI=1S/C20H21BrN2O4/c1-3-13-6-4-9-16(10-13)22-19(25)20(26)23-17(12-18(24)27-2)14-7-5-8-15(21)11-14/h4-11,17H,3,12H2,1-2H3,(H,22,25)(H,23,26)/t17-/m1/s1. The Kier molecular flexibility index (Phi) is 7.55. The number of hydrogen-bond donors (Lipinski definition) is 2. The van der Waals surface area contributed by atoms with E-state index in [1.54, 1.807) is 24.3 Å². The molecule has 0 saturated carbocycles. The maximum atomic E-state index is 12.4. The van der Waals surface area contributed by atoms with Crippen LogP contribution in [0.25, 0.3) is 0 Å². The van der Waals surface area contributed by atoms with E-state index in [9.17, 15) is 14.4 Å². The zero-order chi connectivity index (χ0) is 19.8. The van der Waals surface area contributed by atoms with Gasteiger partial charge >= 0.3 is 17.8 Å². The van der Waals surface area contributed by atoms with E-state index in [4.69, 9.17) is 4.74 Å². The number of nitrogens with one attached hydrogen (secondary N) is 2. The van der Waals surface area contributed by atoms with Gasteiger partial charge < -0.3 is 15.4 Å². The number of benzene rings is 2. The first-order chi connectivity index (χ1) is 12.9. The molecule has 0 radical (unpaired) electrons. The van der Waals surface area contributed by atoms with Crippen LogP contribution in [0.1, 0.15) is 30.5 Å². The van der Waals surface area contributed by atoms with Gasteiger partial charge in [-0.2, -0.15) is 0 Å². The fourth-order valence-corrected chi connectivity index (χ4v) is 2.92. The van der Waals surface area contributed by atoms with Gasteiger partial charge in [-0.1, -0.05) is 47.1 Å². The Hall–Kier alpha value is -2.67. The fourth-order valence-electron chi connectivity index (χ4n) is 2.51. The Balaban J connectivity index is 2.11. The van der Waals surface area contributed by atoms with Crippen molar-refractivity contribution in [3.05, 3.63) is 64.1 Å². The molecule has 0 bridgehead atoms. The van der Waals surface area contributed by atoms with Crippen molar-refractivity contribution < 1.29 is 19.1 Å². The molecule has 2 aromatic carbocycles. The first kappa shape index (κ1) is 20.6. The summed E-state index contributed by atoms with van der Waals surface area (Å²) >= 11 is 3.36. The molecule has 7 heteroatoms. The molecule has 0 heterocycles. The van der Waals surface area contributed by atoms with E-state index in [-0.39, 0.29) is 6.42 Å². The fraction of sp³-hybridized carbons (Fsp3) is 0.250. The lowest BCUT2D eigenvalue weighted by atomic mass is 10.0. The maximum Gasteiger partial charge on any atom is 0.313 e. The Labute approximate surface area is 166 Å². The SMILES string of the molecule is CCc1cccc(NC(=O)C(=O)N[C@H](CC(=O)OC)c2cccc(Br)c2)c1. The summed E-state index contributed by atoms with van der Waals surface area (Å²) in [5.41, 5.74) is 2.27. The highest BCUT2D eigenvalue weighted by molar-refractivity contribution is 9.10. The number of anilines is 1. The monoisotopic (exact) mass is 432 g/mol. The van der Waals surface area contributed by atoms with Crippen LogP contribution in [-0.4, -0.2) is 24.9 Å². The predicted octanol–water partition coefficient (Wildman–Crippen LogP) is 3.37. The van der Waals surface area contributed by atoms with Gasteiger partial charge in [0.15, 0.2) is 0 Å². The minimum absolute atomic E-state index is 0.0860. The number of esters is 1. The van der Waals surface area contributed by atoms with E-state index in [1.165, 1.54) is 7.11 Å². The van der Waals surface area contributed by atoms with E-state index < -0.39 is 23.8 Å². The molecule has 0 aromatic heterocycles. The van der Waals surface area contributed by atoms with Crippen molar-refractivity contribution in [3.8, 4) is 0 Å². The number of carbonyl (C=O) groups excluding carboxylic acids is 3. The van der Waals surface area contributed by atoms with Gasteiger partial charge in [0, 0.05) is 10.2 Å². The average Bonchev–Trinajstić information content (AvgIpc) is 2.67. The summed E-state index contributed by atoms with van der Waals surface area (Å²) in [6.45, 7) is 2.00.